The first-order valence-corrected chi connectivity index (χ1v) is 7.70. The molecule has 7 heteroatoms. The van der Waals surface area contributed by atoms with Crippen LogP contribution in [-0.4, -0.2) is 53.6 Å². The summed E-state index contributed by atoms with van der Waals surface area (Å²) >= 11 is 0. The Morgan fingerprint density at radius 3 is 2.56 bits per heavy atom. The van der Waals surface area contributed by atoms with Crippen molar-refractivity contribution in [2.24, 2.45) is 7.05 Å². The van der Waals surface area contributed by atoms with E-state index in [2.05, 4.69) is 5.10 Å². The lowest BCUT2D eigenvalue weighted by atomic mass is 10.0. The van der Waals surface area contributed by atoms with Crippen LogP contribution in [0.25, 0.3) is 0 Å². The summed E-state index contributed by atoms with van der Waals surface area (Å²) in [6.07, 6.45) is 4.68. The largest absolute Gasteiger partial charge is 0.339 e. The number of carbonyl (C=O) groups excluding carboxylic acids is 1. The van der Waals surface area contributed by atoms with Gasteiger partial charge in [0.05, 0.1) is 17.4 Å². The molecule has 100 valence electrons. The smallest absolute Gasteiger partial charge is 0.230 e. The third-order valence-corrected chi connectivity index (χ3v) is 4.87. The third-order valence-electron chi connectivity index (χ3n) is 3.36. The van der Waals surface area contributed by atoms with Crippen LogP contribution in [0.3, 0.4) is 0 Å². The van der Waals surface area contributed by atoms with E-state index in [-0.39, 0.29) is 11.8 Å². The van der Waals surface area contributed by atoms with Crippen LogP contribution in [0, 0.1) is 0 Å². The highest BCUT2D eigenvalue weighted by Crippen LogP contribution is 2.23. The van der Waals surface area contributed by atoms with E-state index < -0.39 is 15.1 Å². The quantitative estimate of drug-likeness (QED) is 0.762. The van der Waals surface area contributed by atoms with Gasteiger partial charge in [-0.2, -0.15) is 5.10 Å². The van der Waals surface area contributed by atoms with E-state index in [9.17, 15) is 13.2 Å². The van der Waals surface area contributed by atoms with E-state index >= 15 is 0 Å². The van der Waals surface area contributed by atoms with E-state index in [0.717, 1.165) is 5.56 Å². The standard InChI is InChI=1S/C11H17N3O3S/c1-8(9-4-12-13(2)5-9)11(15)14-6-10(7-14)18(3,16)17/h4-5,8,10H,6-7H2,1-3H3. The van der Waals surface area contributed by atoms with Gasteiger partial charge in [-0.05, 0) is 6.92 Å². The van der Waals surface area contributed by atoms with Crippen molar-refractivity contribution < 1.29 is 13.2 Å². The van der Waals surface area contributed by atoms with Crippen molar-refractivity contribution in [2.75, 3.05) is 19.3 Å². The van der Waals surface area contributed by atoms with Gasteiger partial charge in [0.15, 0.2) is 9.84 Å². The summed E-state index contributed by atoms with van der Waals surface area (Å²) in [5.41, 5.74) is 0.852. The molecule has 18 heavy (non-hydrogen) atoms. The Hall–Kier alpha value is -1.37. The zero-order valence-electron chi connectivity index (χ0n) is 10.7. The molecule has 2 rings (SSSR count). The first-order chi connectivity index (χ1) is 8.29. The fourth-order valence-electron chi connectivity index (χ4n) is 1.97. The summed E-state index contributed by atoms with van der Waals surface area (Å²) in [5.74, 6) is -0.317. The summed E-state index contributed by atoms with van der Waals surface area (Å²) in [7, 11) is -1.23. The van der Waals surface area contributed by atoms with Crippen LogP contribution in [0.1, 0.15) is 18.4 Å². The van der Waals surface area contributed by atoms with Gasteiger partial charge >= 0.3 is 0 Å². The molecule has 1 aliphatic rings. The second kappa shape index (κ2) is 4.38. The first kappa shape index (κ1) is 13.1. The Morgan fingerprint density at radius 2 is 2.11 bits per heavy atom. The maximum atomic E-state index is 12.1. The summed E-state index contributed by atoms with van der Waals surface area (Å²) in [6.45, 7) is 2.43. The Kier molecular flexibility index (Phi) is 3.18. The number of amides is 1. The molecule has 1 atom stereocenters. The Bertz CT molecular complexity index is 558. The lowest BCUT2D eigenvalue weighted by Crippen LogP contribution is -2.57. The predicted octanol–water partition coefficient (Wildman–Crippen LogP) is -0.221. The van der Waals surface area contributed by atoms with Crippen LogP contribution in [0.15, 0.2) is 12.4 Å². The molecule has 1 aliphatic heterocycles. The number of carbonyl (C=O) groups is 1. The predicted molar refractivity (Wildman–Crippen MR) is 66.8 cm³/mol. The molecule has 1 amide bonds. The minimum atomic E-state index is -3.03. The lowest BCUT2D eigenvalue weighted by Gasteiger charge is -2.39. The number of aromatic nitrogens is 2. The fraction of sp³-hybridized carbons (Fsp3) is 0.636. The highest BCUT2D eigenvalue weighted by molar-refractivity contribution is 7.91. The number of likely N-dealkylation sites (tertiary alicyclic amines) is 1. The van der Waals surface area contributed by atoms with Crippen LogP contribution >= 0.6 is 0 Å². The Balaban J connectivity index is 1.98. The van der Waals surface area contributed by atoms with Crippen LogP contribution in [0.5, 0.6) is 0 Å². The summed E-state index contributed by atoms with van der Waals surface area (Å²) in [6, 6.07) is 0. The highest BCUT2D eigenvalue weighted by atomic mass is 32.2. The minimum Gasteiger partial charge on any atom is -0.339 e. The van der Waals surface area contributed by atoms with Crippen molar-refractivity contribution in [1.82, 2.24) is 14.7 Å². The first-order valence-electron chi connectivity index (χ1n) is 5.75. The minimum absolute atomic E-state index is 0.0390. The van der Waals surface area contributed by atoms with Gasteiger partial charge in [-0.1, -0.05) is 0 Å². The number of sulfone groups is 1. The highest BCUT2D eigenvalue weighted by Gasteiger charge is 2.38. The molecular formula is C11H17N3O3S. The maximum Gasteiger partial charge on any atom is 0.230 e. The van der Waals surface area contributed by atoms with Crippen molar-refractivity contribution in [3.05, 3.63) is 18.0 Å². The van der Waals surface area contributed by atoms with E-state index in [1.165, 1.54) is 6.26 Å². The van der Waals surface area contributed by atoms with Crippen molar-refractivity contribution in [3.8, 4) is 0 Å². The van der Waals surface area contributed by atoms with Gasteiger partial charge in [-0.3, -0.25) is 9.48 Å². The van der Waals surface area contributed by atoms with Gasteiger partial charge in [0.1, 0.15) is 0 Å². The molecule has 1 aromatic rings. The molecule has 0 bridgehead atoms. The number of aryl methyl sites for hydroxylation is 1. The molecule has 1 aromatic heterocycles. The molecule has 0 aromatic carbocycles. The van der Waals surface area contributed by atoms with Gasteiger partial charge in [0.25, 0.3) is 0 Å². The number of nitrogens with zero attached hydrogens (tertiary/aromatic N) is 3. The Labute approximate surface area is 106 Å². The molecule has 1 unspecified atom stereocenters. The summed E-state index contributed by atoms with van der Waals surface area (Å²) in [4.78, 5) is 13.7. The number of rotatable bonds is 3. The fourth-order valence-corrected chi connectivity index (χ4v) is 2.87. The van der Waals surface area contributed by atoms with Gasteiger partial charge in [-0.25, -0.2) is 8.42 Å². The van der Waals surface area contributed by atoms with Crippen molar-refractivity contribution in [1.29, 1.82) is 0 Å². The van der Waals surface area contributed by atoms with E-state index in [4.69, 9.17) is 0 Å². The van der Waals surface area contributed by atoms with Crippen molar-refractivity contribution >= 4 is 15.7 Å². The van der Waals surface area contributed by atoms with Gasteiger partial charge < -0.3 is 4.90 Å². The maximum absolute atomic E-state index is 12.1. The van der Waals surface area contributed by atoms with E-state index in [1.54, 1.807) is 29.0 Å². The third kappa shape index (κ3) is 2.40. The molecular weight excluding hydrogens is 254 g/mol. The van der Waals surface area contributed by atoms with Crippen molar-refractivity contribution in [3.63, 3.8) is 0 Å². The zero-order chi connectivity index (χ0) is 13.5. The molecule has 1 saturated heterocycles. The average Bonchev–Trinajstić information content (AvgIpc) is 2.58. The zero-order valence-corrected chi connectivity index (χ0v) is 11.5. The second-order valence-electron chi connectivity index (χ2n) is 4.86. The van der Waals surface area contributed by atoms with Gasteiger partial charge in [0.2, 0.25) is 5.91 Å². The summed E-state index contributed by atoms with van der Waals surface area (Å²) in [5, 5.41) is 3.63. The van der Waals surface area contributed by atoms with Crippen LogP contribution in [0.4, 0.5) is 0 Å². The van der Waals surface area contributed by atoms with Gasteiger partial charge in [-0.15, -0.1) is 0 Å². The summed E-state index contributed by atoms with van der Waals surface area (Å²) < 4.78 is 24.2. The van der Waals surface area contributed by atoms with Gasteiger partial charge in [0, 0.05) is 38.2 Å². The van der Waals surface area contributed by atoms with Crippen LogP contribution in [0.2, 0.25) is 0 Å². The average molecular weight is 271 g/mol. The molecule has 2 heterocycles. The molecule has 0 saturated carbocycles. The van der Waals surface area contributed by atoms with Crippen LogP contribution in [-0.2, 0) is 21.7 Å². The normalized spacial score (nSPS) is 18.5. The second-order valence-corrected chi connectivity index (χ2v) is 7.19. The SMILES string of the molecule is CC(C(=O)N1CC(S(C)(=O)=O)C1)c1cnn(C)c1. The monoisotopic (exact) mass is 271 g/mol. The van der Waals surface area contributed by atoms with E-state index in [0.29, 0.717) is 13.1 Å². The molecule has 6 nitrogen and oxygen atoms in total. The van der Waals surface area contributed by atoms with E-state index in [1.807, 2.05) is 6.92 Å². The number of hydrogen-bond donors (Lipinski definition) is 0. The molecule has 0 radical (unpaired) electrons. The molecule has 1 fully saturated rings. The molecule has 0 aliphatic carbocycles. The number of hydrogen-bond acceptors (Lipinski definition) is 4. The topological polar surface area (TPSA) is 72.3 Å². The molecule has 0 N–H and O–H groups in total. The lowest BCUT2D eigenvalue weighted by molar-refractivity contribution is -0.135. The Morgan fingerprint density at radius 1 is 1.50 bits per heavy atom. The molecule has 0 spiro atoms. The van der Waals surface area contributed by atoms with Crippen molar-refractivity contribution in [2.45, 2.75) is 18.1 Å². The van der Waals surface area contributed by atoms with Crippen LogP contribution < -0.4 is 0 Å².